The molecule has 0 aliphatic heterocycles. The van der Waals surface area contributed by atoms with E-state index in [0.29, 0.717) is 16.9 Å². The molecule has 6 nitrogen and oxygen atoms in total. The molecule has 6 heteroatoms. The van der Waals surface area contributed by atoms with Crippen molar-refractivity contribution in [3.05, 3.63) is 95.9 Å². The summed E-state index contributed by atoms with van der Waals surface area (Å²) in [6.07, 6.45) is 3.28. The van der Waals surface area contributed by atoms with Crippen molar-refractivity contribution < 1.29 is 4.79 Å². The van der Waals surface area contributed by atoms with Crippen LogP contribution in [0.4, 0.5) is 17.2 Å². The molecule has 0 atom stereocenters. The van der Waals surface area contributed by atoms with Gasteiger partial charge in [-0.25, -0.2) is 4.68 Å². The SMILES string of the molecule is Cc1ccc(-n2nc(C)cc2Nc2ccccc2C(=O)Nc2ccncc2)cc1. The van der Waals surface area contributed by atoms with Crippen LogP contribution in [-0.2, 0) is 0 Å². The number of rotatable bonds is 5. The van der Waals surface area contributed by atoms with Crippen LogP contribution in [0.5, 0.6) is 0 Å². The maximum absolute atomic E-state index is 12.8. The highest BCUT2D eigenvalue weighted by atomic mass is 16.1. The third kappa shape index (κ3) is 4.16. The number of aryl methyl sites for hydroxylation is 2. The lowest BCUT2D eigenvalue weighted by atomic mass is 10.1. The van der Waals surface area contributed by atoms with Gasteiger partial charge in [0.25, 0.3) is 5.91 Å². The number of benzene rings is 2. The van der Waals surface area contributed by atoms with Gasteiger partial charge in [0.2, 0.25) is 0 Å². The van der Waals surface area contributed by atoms with E-state index in [0.717, 1.165) is 17.2 Å². The summed E-state index contributed by atoms with van der Waals surface area (Å²) in [4.78, 5) is 16.8. The number of aromatic nitrogens is 3. The summed E-state index contributed by atoms with van der Waals surface area (Å²) in [5.74, 6) is 0.591. The second-order valence-corrected chi connectivity index (χ2v) is 6.78. The predicted octanol–water partition coefficient (Wildman–Crippen LogP) is 4.88. The summed E-state index contributed by atoms with van der Waals surface area (Å²) in [5.41, 5.74) is 4.95. The van der Waals surface area contributed by atoms with Gasteiger partial charge in [-0.05, 0) is 50.2 Å². The second-order valence-electron chi connectivity index (χ2n) is 6.78. The highest BCUT2D eigenvalue weighted by molar-refractivity contribution is 6.08. The molecule has 144 valence electrons. The minimum Gasteiger partial charge on any atom is -0.339 e. The van der Waals surface area contributed by atoms with E-state index in [1.54, 1.807) is 30.6 Å². The quantitative estimate of drug-likeness (QED) is 0.515. The summed E-state index contributed by atoms with van der Waals surface area (Å²) in [7, 11) is 0. The zero-order chi connectivity index (χ0) is 20.2. The molecule has 0 aliphatic rings. The topological polar surface area (TPSA) is 71.8 Å². The van der Waals surface area contributed by atoms with E-state index in [1.165, 1.54) is 5.56 Å². The van der Waals surface area contributed by atoms with E-state index in [2.05, 4.69) is 27.6 Å². The second kappa shape index (κ2) is 7.98. The standard InChI is InChI=1S/C23H21N5O/c1-16-7-9-19(10-8-16)28-22(15-17(2)27-28)26-21-6-4-3-5-20(21)23(29)25-18-11-13-24-14-12-18/h3-15,26H,1-2H3,(H,24,25,29). The van der Waals surface area contributed by atoms with Crippen LogP contribution < -0.4 is 10.6 Å². The van der Waals surface area contributed by atoms with E-state index in [4.69, 9.17) is 0 Å². The van der Waals surface area contributed by atoms with E-state index >= 15 is 0 Å². The first-order valence-electron chi connectivity index (χ1n) is 9.31. The van der Waals surface area contributed by atoms with Crippen LogP contribution >= 0.6 is 0 Å². The fourth-order valence-electron chi connectivity index (χ4n) is 3.03. The Hall–Kier alpha value is -3.93. The number of nitrogens with one attached hydrogen (secondary N) is 2. The average Bonchev–Trinajstić information content (AvgIpc) is 3.09. The Bertz CT molecular complexity index is 1130. The number of anilines is 3. The Labute approximate surface area is 169 Å². The van der Waals surface area contributed by atoms with Crippen molar-refractivity contribution in [2.75, 3.05) is 10.6 Å². The number of nitrogens with zero attached hydrogens (tertiary/aromatic N) is 3. The molecular formula is C23H21N5O. The summed E-state index contributed by atoms with van der Waals surface area (Å²) in [6, 6.07) is 21.0. The van der Waals surface area contributed by atoms with Crippen LogP contribution in [0.25, 0.3) is 5.69 Å². The zero-order valence-electron chi connectivity index (χ0n) is 16.3. The molecule has 0 saturated heterocycles. The summed E-state index contributed by atoms with van der Waals surface area (Å²) >= 11 is 0. The molecule has 29 heavy (non-hydrogen) atoms. The minimum atomic E-state index is -0.197. The average molecular weight is 383 g/mol. The van der Waals surface area contributed by atoms with Crippen LogP contribution in [0.3, 0.4) is 0 Å². The Balaban J connectivity index is 1.64. The molecule has 0 saturated carbocycles. The lowest BCUT2D eigenvalue weighted by Crippen LogP contribution is -2.14. The zero-order valence-corrected chi connectivity index (χ0v) is 16.3. The Morgan fingerprint density at radius 2 is 1.66 bits per heavy atom. The highest BCUT2D eigenvalue weighted by Gasteiger charge is 2.14. The van der Waals surface area contributed by atoms with E-state index in [1.807, 2.05) is 60.1 Å². The van der Waals surface area contributed by atoms with Crippen LogP contribution in [0, 0.1) is 13.8 Å². The Morgan fingerprint density at radius 3 is 2.41 bits per heavy atom. The van der Waals surface area contributed by atoms with E-state index < -0.39 is 0 Å². The first-order chi connectivity index (χ1) is 14.1. The van der Waals surface area contributed by atoms with Crippen LogP contribution in [0.1, 0.15) is 21.6 Å². The Morgan fingerprint density at radius 1 is 0.931 bits per heavy atom. The van der Waals surface area contributed by atoms with Crippen molar-refractivity contribution in [1.29, 1.82) is 0 Å². The lowest BCUT2D eigenvalue weighted by Gasteiger charge is -2.14. The molecule has 0 radical (unpaired) electrons. The first-order valence-corrected chi connectivity index (χ1v) is 9.31. The number of para-hydroxylation sites is 1. The number of hydrogen-bond acceptors (Lipinski definition) is 4. The smallest absolute Gasteiger partial charge is 0.257 e. The molecule has 0 bridgehead atoms. The van der Waals surface area contributed by atoms with Gasteiger partial charge in [-0.1, -0.05) is 29.8 Å². The maximum Gasteiger partial charge on any atom is 0.257 e. The molecule has 2 aromatic heterocycles. The van der Waals surface area contributed by atoms with Crippen molar-refractivity contribution >= 4 is 23.1 Å². The van der Waals surface area contributed by atoms with Gasteiger partial charge in [-0.15, -0.1) is 0 Å². The molecule has 0 unspecified atom stereocenters. The predicted molar refractivity (Wildman–Crippen MR) is 115 cm³/mol. The minimum absolute atomic E-state index is 0.197. The lowest BCUT2D eigenvalue weighted by molar-refractivity contribution is 0.102. The summed E-state index contributed by atoms with van der Waals surface area (Å²) < 4.78 is 1.84. The van der Waals surface area contributed by atoms with Gasteiger partial charge >= 0.3 is 0 Å². The summed E-state index contributed by atoms with van der Waals surface area (Å²) in [5, 5.41) is 10.9. The number of hydrogen-bond donors (Lipinski definition) is 2. The number of carbonyl (C=O) groups is 1. The van der Waals surface area contributed by atoms with Crippen molar-refractivity contribution in [3.63, 3.8) is 0 Å². The molecular weight excluding hydrogens is 362 g/mol. The van der Waals surface area contributed by atoms with Crippen LogP contribution in [0.2, 0.25) is 0 Å². The molecule has 0 fully saturated rings. The van der Waals surface area contributed by atoms with Crippen LogP contribution in [-0.4, -0.2) is 20.7 Å². The number of carbonyl (C=O) groups excluding carboxylic acids is 1. The number of pyridine rings is 1. The first kappa shape index (κ1) is 18.4. The fraction of sp³-hybridized carbons (Fsp3) is 0.0870. The number of amides is 1. The highest BCUT2D eigenvalue weighted by Crippen LogP contribution is 2.25. The molecule has 2 heterocycles. The Kier molecular flexibility index (Phi) is 5.07. The van der Waals surface area contributed by atoms with E-state index in [-0.39, 0.29) is 5.91 Å². The van der Waals surface area contributed by atoms with E-state index in [9.17, 15) is 4.79 Å². The van der Waals surface area contributed by atoms with Gasteiger partial charge in [0.15, 0.2) is 0 Å². The summed E-state index contributed by atoms with van der Waals surface area (Å²) in [6.45, 7) is 3.99. The molecule has 1 amide bonds. The third-order valence-electron chi connectivity index (χ3n) is 4.48. The molecule has 4 rings (SSSR count). The third-order valence-corrected chi connectivity index (χ3v) is 4.48. The molecule has 4 aromatic rings. The van der Waals surface area contributed by atoms with Gasteiger partial charge in [0, 0.05) is 24.1 Å². The van der Waals surface area contributed by atoms with Crippen molar-refractivity contribution in [3.8, 4) is 5.69 Å². The normalized spacial score (nSPS) is 10.6. The van der Waals surface area contributed by atoms with Gasteiger partial charge in [0.1, 0.15) is 5.82 Å². The largest absolute Gasteiger partial charge is 0.339 e. The monoisotopic (exact) mass is 383 g/mol. The molecule has 2 aromatic carbocycles. The molecule has 0 aliphatic carbocycles. The van der Waals surface area contributed by atoms with Crippen molar-refractivity contribution in [2.45, 2.75) is 13.8 Å². The van der Waals surface area contributed by atoms with Gasteiger partial charge < -0.3 is 10.6 Å². The fourth-order valence-corrected chi connectivity index (χ4v) is 3.03. The van der Waals surface area contributed by atoms with Gasteiger partial charge in [-0.3, -0.25) is 9.78 Å². The van der Waals surface area contributed by atoms with Crippen molar-refractivity contribution in [1.82, 2.24) is 14.8 Å². The molecule has 0 spiro atoms. The maximum atomic E-state index is 12.8. The van der Waals surface area contributed by atoms with Crippen LogP contribution in [0.15, 0.2) is 79.1 Å². The van der Waals surface area contributed by atoms with Gasteiger partial charge in [-0.2, -0.15) is 5.10 Å². The van der Waals surface area contributed by atoms with Crippen molar-refractivity contribution in [2.24, 2.45) is 0 Å². The molecule has 2 N–H and O–H groups in total. The van der Waals surface area contributed by atoms with Gasteiger partial charge in [0.05, 0.1) is 22.6 Å².